The Labute approximate surface area is 126 Å². The SMILES string of the molecule is CCOC(=O)CCc1ccc(I)cc1C(=O)OCC. The van der Waals surface area contributed by atoms with Crippen molar-refractivity contribution in [2.24, 2.45) is 0 Å². The molecule has 19 heavy (non-hydrogen) atoms. The summed E-state index contributed by atoms with van der Waals surface area (Å²) < 4.78 is 10.9. The van der Waals surface area contributed by atoms with E-state index in [1.807, 2.05) is 12.1 Å². The Hall–Kier alpha value is -1.11. The zero-order valence-electron chi connectivity index (χ0n) is 11.1. The Morgan fingerprint density at radius 1 is 1.16 bits per heavy atom. The number of carbonyl (C=O) groups excluding carboxylic acids is 2. The van der Waals surface area contributed by atoms with Crippen LogP contribution in [-0.2, 0) is 20.7 Å². The van der Waals surface area contributed by atoms with Crippen LogP contribution < -0.4 is 0 Å². The van der Waals surface area contributed by atoms with Crippen LogP contribution in [0.2, 0.25) is 0 Å². The molecule has 4 nitrogen and oxygen atoms in total. The molecule has 1 aromatic carbocycles. The molecule has 0 aliphatic heterocycles. The Bertz CT molecular complexity index is 457. The third-order valence-electron chi connectivity index (χ3n) is 2.47. The number of esters is 2. The van der Waals surface area contributed by atoms with Crippen LogP contribution in [0.1, 0.15) is 36.2 Å². The van der Waals surface area contributed by atoms with Crippen molar-refractivity contribution in [2.45, 2.75) is 26.7 Å². The van der Waals surface area contributed by atoms with E-state index in [1.165, 1.54) is 0 Å². The summed E-state index contributed by atoms with van der Waals surface area (Å²) in [5.74, 6) is -0.601. The van der Waals surface area contributed by atoms with Gasteiger partial charge in [0.1, 0.15) is 0 Å². The van der Waals surface area contributed by atoms with Gasteiger partial charge in [0.15, 0.2) is 0 Å². The molecule has 0 amide bonds. The lowest BCUT2D eigenvalue weighted by molar-refractivity contribution is -0.143. The third kappa shape index (κ3) is 5.18. The van der Waals surface area contributed by atoms with Gasteiger partial charge >= 0.3 is 11.9 Å². The van der Waals surface area contributed by atoms with Crippen LogP contribution in [0.15, 0.2) is 18.2 Å². The molecule has 1 rings (SSSR count). The molecule has 5 heteroatoms. The smallest absolute Gasteiger partial charge is 0.338 e. The lowest BCUT2D eigenvalue weighted by Crippen LogP contribution is -2.11. The fourth-order valence-electron chi connectivity index (χ4n) is 1.64. The van der Waals surface area contributed by atoms with Crippen LogP contribution in [-0.4, -0.2) is 25.2 Å². The van der Waals surface area contributed by atoms with Crippen molar-refractivity contribution in [1.82, 2.24) is 0 Å². The van der Waals surface area contributed by atoms with E-state index in [4.69, 9.17) is 9.47 Å². The average molecular weight is 376 g/mol. The number of halogens is 1. The predicted molar refractivity (Wildman–Crippen MR) is 80.1 cm³/mol. The van der Waals surface area contributed by atoms with E-state index in [1.54, 1.807) is 19.9 Å². The summed E-state index contributed by atoms with van der Waals surface area (Å²) in [6.07, 6.45) is 0.741. The predicted octanol–water partition coefficient (Wildman–Crippen LogP) is 2.96. The first-order chi connectivity index (χ1) is 9.08. The van der Waals surface area contributed by atoms with Crippen LogP contribution >= 0.6 is 22.6 Å². The molecule has 1 aromatic rings. The van der Waals surface area contributed by atoms with Crippen molar-refractivity contribution >= 4 is 34.5 Å². The third-order valence-corrected chi connectivity index (χ3v) is 3.14. The first-order valence-electron chi connectivity index (χ1n) is 6.19. The fraction of sp³-hybridized carbons (Fsp3) is 0.429. The molecule has 0 saturated carbocycles. The van der Waals surface area contributed by atoms with E-state index >= 15 is 0 Å². The van der Waals surface area contributed by atoms with E-state index in [0.29, 0.717) is 25.2 Å². The van der Waals surface area contributed by atoms with Gasteiger partial charge in [-0.25, -0.2) is 4.79 Å². The van der Waals surface area contributed by atoms with Crippen LogP contribution in [0.4, 0.5) is 0 Å². The summed E-state index contributed by atoms with van der Waals surface area (Å²) in [7, 11) is 0. The van der Waals surface area contributed by atoms with Gasteiger partial charge in [0.2, 0.25) is 0 Å². The minimum Gasteiger partial charge on any atom is -0.466 e. The molecule has 0 atom stereocenters. The quantitative estimate of drug-likeness (QED) is 0.566. The molecular weight excluding hydrogens is 359 g/mol. The van der Waals surface area contributed by atoms with E-state index < -0.39 is 0 Å². The highest BCUT2D eigenvalue weighted by Gasteiger charge is 2.14. The van der Waals surface area contributed by atoms with Gasteiger partial charge in [0.25, 0.3) is 0 Å². The standard InChI is InChI=1S/C14H17IO4/c1-3-18-13(16)8-6-10-5-7-11(15)9-12(10)14(17)19-4-2/h5,7,9H,3-4,6,8H2,1-2H3. The average Bonchev–Trinajstić information content (AvgIpc) is 2.38. The van der Waals surface area contributed by atoms with Crippen LogP contribution in [0.25, 0.3) is 0 Å². The molecule has 0 saturated heterocycles. The Morgan fingerprint density at radius 3 is 2.47 bits per heavy atom. The number of carbonyl (C=O) groups is 2. The Kier molecular flexibility index (Phi) is 6.83. The fourth-order valence-corrected chi connectivity index (χ4v) is 2.13. The van der Waals surface area contributed by atoms with E-state index in [-0.39, 0.29) is 18.4 Å². The topological polar surface area (TPSA) is 52.6 Å². The lowest BCUT2D eigenvalue weighted by Gasteiger charge is -2.09. The first kappa shape index (κ1) is 15.9. The van der Waals surface area contributed by atoms with Gasteiger partial charge in [-0.05, 0) is 60.6 Å². The number of ether oxygens (including phenoxy) is 2. The second-order valence-electron chi connectivity index (χ2n) is 3.83. The molecule has 0 N–H and O–H groups in total. The summed E-state index contributed by atoms with van der Waals surface area (Å²) in [6, 6.07) is 5.54. The molecule has 104 valence electrons. The van der Waals surface area contributed by atoms with Gasteiger partial charge in [-0.2, -0.15) is 0 Å². The number of aryl methyl sites for hydroxylation is 1. The van der Waals surface area contributed by atoms with Gasteiger partial charge in [0.05, 0.1) is 18.8 Å². The highest BCUT2D eigenvalue weighted by molar-refractivity contribution is 14.1. The summed E-state index contributed by atoms with van der Waals surface area (Å²) in [4.78, 5) is 23.2. The molecule has 0 heterocycles. The van der Waals surface area contributed by atoms with E-state index in [2.05, 4.69) is 22.6 Å². The van der Waals surface area contributed by atoms with Gasteiger partial charge in [-0.1, -0.05) is 6.07 Å². The van der Waals surface area contributed by atoms with E-state index in [9.17, 15) is 9.59 Å². The zero-order valence-corrected chi connectivity index (χ0v) is 13.2. The second kappa shape index (κ2) is 8.14. The highest BCUT2D eigenvalue weighted by atomic mass is 127. The first-order valence-corrected chi connectivity index (χ1v) is 7.27. The maximum atomic E-state index is 11.8. The maximum absolute atomic E-state index is 11.8. The summed E-state index contributed by atoms with van der Waals surface area (Å²) in [5.41, 5.74) is 1.34. The van der Waals surface area contributed by atoms with Crippen molar-refractivity contribution in [1.29, 1.82) is 0 Å². The Morgan fingerprint density at radius 2 is 1.84 bits per heavy atom. The van der Waals surface area contributed by atoms with Crippen LogP contribution in [0.3, 0.4) is 0 Å². The van der Waals surface area contributed by atoms with E-state index in [0.717, 1.165) is 9.13 Å². The summed E-state index contributed by atoms with van der Waals surface area (Å²) in [6.45, 7) is 4.24. The number of hydrogen-bond acceptors (Lipinski definition) is 4. The summed E-state index contributed by atoms with van der Waals surface area (Å²) in [5, 5.41) is 0. The molecule has 0 unspecified atom stereocenters. The molecule has 0 fully saturated rings. The minimum atomic E-state index is -0.347. The molecular formula is C14H17IO4. The lowest BCUT2D eigenvalue weighted by atomic mass is 10.0. The number of rotatable bonds is 6. The zero-order chi connectivity index (χ0) is 14.3. The number of hydrogen-bond donors (Lipinski definition) is 0. The minimum absolute atomic E-state index is 0.254. The largest absolute Gasteiger partial charge is 0.466 e. The van der Waals surface area contributed by atoms with Crippen molar-refractivity contribution in [3.8, 4) is 0 Å². The van der Waals surface area contributed by atoms with Crippen LogP contribution in [0, 0.1) is 3.57 Å². The Balaban J connectivity index is 2.82. The maximum Gasteiger partial charge on any atom is 0.338 e. The van der Waals surface area contributed by atoms with Crippen LogP contribution in [0.5, 0.6) is 0 Å². The van der Waals surface area contributed by atoms with Crippen molar-refractivity contribution in [3.05, 3.63) is 32.9 Å². The van der Waals surface area contributed by atoms with Crippen molar-refractivity contribution in [3.63, 3.8) is 0 Å². The monoisotopic (exact) mass is 376 g/mol. The normalized spacial score (nSPS) is 10.1. The van der Waals surface area contributed by atoms with Gasteiger partial charge in [0, 0.05) is 9.99 Å². The summed E-state index contributed by atoms with van der Waals surface area (Å²) >= 11 is 2.14. The van der Waals surface area contributed by atoms with Crippen molar-refractivity contribution in [2.75, 3.05) is 13.2 Å². The van der Waals surface area contributed by atoms with Gasteiger partial charge < -0.3 is 9.47 Å². The molecule has 0 bridgehead atoms. The molecule has 0 aliphatic carbocycles. The molecule has 0 spiro atoms. The molecule has 0 aromatic heterocycles. The van der Waals surface area contributed by atoms with Crippen molar-refractivity contribution < 1.29 is 19.1 Å². The molecule has 0 radical (unpaired) electrons. The molecule has 0 aliphatic rings. The second-order valence-corrected chi connectivity index (χ2v) is 5.07. The van der Waals surface area contributed by atoms with Gasteiger partial charge in [-0.15, -0.1) is 0 Å². The van der Waals surface area contributed by atoms with Gasteiger partial charge in [-0.3, -0.25) is 4.79 Å². The number of benzene rings is 1. The highest BCUT2D eigenvalue weighted by Crippen LogP contribution is 2.17.